The highest BCUT2D eigenvalue weighted by molar-refractivity contribution is 5.79. The van der Waals surface area contributed by atoms with E-state index in [1.807, 2.05) is 20.8 Å². The van der Waals surface area contributed by atoms with Crippen LogP contribution in [0.3, 0.4) is 0 Å². The molecule has 0 aromatic heterocycles. The lowest BCUT2D eigenvalue weighted by Crippen LogP contribution is -2.40. The monoisotopic (exact) mass is 315 g/mol. The molecule has 1 rings (SSSR count). The first kappa shape index (κ1) is 19.2. The summed E-state index contributed by atoms with van der Waals surface area (Å²) in [6.45, 7) is 10.3. The molecule has 0 aromatic rings. The van der Waals surface area contributed by atoms with Gasteiger partial charge in [-0.2, -0.15) is 0 Å². The summed E-state index contributed by atoms with van der Waals surface area (Å²) < 4.78 is 11.0. The smallest absolute Gasteiger partial charge is 0.191 e. The van der Waals surface area contributed by atoms with Crippen LogP contribution < -0.4 is 10.6 Å². The van der Waals surface area contributed by atoms with E-state index in [1.54, 1.807) is 0 Å². The van der Waals surface area contributed by atoms with Gasteiger partial charge in [0.2, 0.25) is 0 Å². The van der Waals surface area contributed by atoms with Gasteiger partial charge in [0, 0.05) is 26.3 Å². The molecule has 1 unspecified atom stereocenters. The minimum atomic E-state index is -0.700. The molecule has 130 valence electrons. The van der Waals surface area contributed by atoms with E-state index in [1.165, 1.54) is 0 Å². The molecule has 0 amide bonds. The van der Waals surface area contributed by atoms with Gasteiger partial charge >= 0.3 is 0 Å². The van der Waals surface area contributed by atoms with Gasteiger partial charge in [0.05, 0.1) is 24.9 Å². The van der Waals surface area contributed by atoms with Crippen molar-refractivity contribution >= 4 is 5.96 Å². The van der Waals surface area contributed by atoms with Crippen LogP contribution in [-0.4, -0.2) is 62.2 Å². The third kappa shape index (κ3) is 7.42. The van der Waals surface area contributed by atoms with E-state index in [4.69, 9.17) is 9.47 Å². The largest absolute Gasteiger partial charge is 0.388 e. The fourth-order valence-corrected chi connectivity index (χ4v) is 2.21. The molecule has 1 heterocycles. The summed E-state index contributed by atoms with van der Waals surface area (Å²) in [5, 5.41) is 16.8. The minimum absolute atomic E-state index is 0.269. The van der Waals surface area contributed by atoms with E-state index in [0.29, 0.717) is 19.4 Å². The van der Waals surface area contributed by atoms with Crippen LogP contribution in [0.15, 0.2) is 4.99 Å². The first-order chi connectivity index (χ1) is 10.6. The fraction of sp³-hybridized carbons (Fsp3) is 0.938. The zero-order chi connectivity index (χ0) is 16.3. The van der Waals surface area contributed by atoms with Crippen molar-refractivity contribution in [3.8, 4) is 0 Å². The number of hydrogen-bond acceptors (Lipinski definition) is 4. The first-order valence-corrected chi connectivity index (χ1v) is 8.57. The van der Waals surface area contributed by atoms with Gasteiger partial charge in [-0.05, 0) is 32.6 Å². The SMILES string of the molecule is CCNC(=NCC(O)(CC)CC)NCCCOC1CCOC1. The normalized spacial score (nSPS) is 19.5. The molecular weight excluding hydrogens is 282 g/mol. The van der Waals surface area contributed by atoms with Crippen molar-refractivity contribution in [3.05, 3.63) is 0 Å². The molecule has 1 aliphatic heterocycles. The lowest BCUT2D eigenvalue weighted by molar-refractivity contribution is 0.0411. The summed E-state index contributed by atoms with van der Waals surface area (Å²) in [6.07, 6.45) is 3.62. The van der Waals surface area contributed by atoms with Gasteiger partial charge in [0.1, 0.15) is 0 Å². The summed E-state index contributed by atoms with van der Waals surface area (Å²) >= 11 is 0. The maximum Gasteiger partial charge on any atom is 0.191 e. The molecule has 0 radical (unpaired) electrons. The van der Waals surface area contributed by atoms with Crippen molar-refractivity contribution in [3.63, 3.8) is 0 Å². The van der Waals surface area contributed by atoms with Gasteiger partial charge in [-0.25, -0.2) is 0 Å². The number of nitrogens with one attached hydrogen (secondary N) is 2. The standard InChI is InChI=1S/C16H33N3O3/c1-4-16(20,5-2)13-19-15(17-6-3)18-9-7-10-22-14-8-11-21-12-14/h14,20H,4-13H2,1-3H3,(H2,17,18,19). The van der Waals surface area contributed by atoms with E-state index in [2.05, 4.69) is 15.6 Å². The van der Waals surface area contributed by atoms with Crippen LogP contribution in [-0.2, 0) is 9.47 Å². The second-order valence-corrected chi connectivity index (χ2v) is 5.76. The zero-order valence-corrected chi connectivity index (χ0v) is 14.4. The Morgan fingerprint density at radius 2 is 2.09 bits per heavy atom. The van der Waals surface area contributed by atoms with Crippen molar-refractivity contribution in [2.45, 2.75) is 58.2 Å². The molecule has 0 spiro atoms. The van der Waals surface area contributed by atoms with Crippen LogP contribution in [0.5, 0.6) is 0 Å². The Bertz CT molecular complexity index is 314. The molecule has 0 aromatic carbocycles. The van der Waals surface area contributed by atoms with E-state index >= 15 is 0 Å². The highest BCUT2D eigenvalue weighted by atomic mass is 16.5. The summed E-state index contributed by atoms with van der Waals surface area (Å²) in [4.78, 5) is 4.49. The molecule has 3 N–H and O–H groups in total. The van der Waals surface area contributed by atoms with Gasteiger partial charge in [-0.15, -0.1) is 0 Å². The molecule has 1 saturated heterocycles. The number of hydrogen-bond donors (Lipinski definition) is 3. The molecule has 22 heavy (non-hydrogen) atoms. The lowest BCUT2D eigenvalue weighted by Gasteiger charge is -2.23. The third-order valence-electron chi connectivity index (χ3n) is 4.05. The molecule has 1 atom stereocenters. The van der Waals surface area contributed by atoms with Crippen LogP contribution >= 0.6 is 0 Å². The highest BCUT2D eigenvalue weighted by Gasteiger charge is 2.21. The Hall–Kier alpha value is -0.850. The molecule has 1 aliphatic rings. The Kier molecular flexibility index (Phi) is 9.43. The molecular formula is C16H33N3O3. The van der Waals surface area contributed by atoms with Crippen LogP contribution in [0.25, 0.3) is 0 Å². The van der Waals surface area contributed by atoms with Crippen molar-refractivity contribution in [2.24, 2.45) is 4.99 Å². The second kappa shape index (κ2) is 10.8. The number of aliphatic hydroxyl groups is 1. The summed E-state index contributed by atoms with van der Waals surface area (Å²) in [5.41, 5.74) is -0.700. The number of nitrogens with zero attached hydrogens (tertiary/aromatic N) is 1. The van der Waals surface area contributed by atoms with Gasteiger partial charge in [0.25, 0.3) is 0 Å². The molecule has 6 heteroatoms. The lowest BCUT2D eigenvalue weighted by atomic mass is 9.98. The summed E-state index contributed by atoms with van der Waals surface area (Å²) in [5.74, 6) is 0.757. The number of guanidine groups is 1. The van der Waals surface area contributed by atoms with E-state index in [9.17, 15) is 5.11 Å². The van der Waals surface area contributed by atoms with E-state index in [-0.39, 0.29) is 6.10 Å². The zero-order valence-electron chi connectivity index (χ0n) is 14.4. The average Bonchev–Trinajstić information content (AvgIpc) is 3.05. The van der Waals surface area contributed by atoms with Gasteiger partial charge in [-0.3, -0.25) is 4.99 Å². The van der Waals surface area contributed by atoms with Crippen LogP contribution in [0.4, 0.5) is 0 Å². The van der Waals surface area contributed by atoms with Crippen molar-refractivity contribution in [1.82, 2.24) is 10.6 Å². The third-order valence-corrected chi connectivity index (χ3v) is 4.05. The molecule has 0 bridgehead atoms. The van der Waals surface area contributed by atoms with Gasteiger partial charge in [0.15, 0.2) is 5.96 Å². The Morgan fingerprint density at radius 3 is 2.68 bits per heavy atom. The van der Waals surface area contributed by atoms with Crippen LogP contribution in [0, 0.1) is 0 Å². The molecule has 0 aliphatic carbocycles. The quantitative estimate of drug-likeness (QED) is 0.322. The Labute approximate surface area is 134 Å². The first-order valence-electron chi connectivity index (χ1n) is 8.57. The molecule has 0 saturated carbocycles. The average molecular weight is 315 g/mol. The van der Waals surface area contributed by atoms with Crippen LogP contribution in [0.1, 0.15) is 46.5 Å². The molecule has 6 nitrogen and oxygen atoms in total. The number of rotatable bonds is 10. The molecule has 1 fully saturated rings. The van der Waals surface area contributed by atoms with Crippen molar-refractivity contribution in [1.29, 1.82) is 0 Å². The predicted molar refractivity (Wildman–Crippen MR) is 89.3 cm³/mol. The van der Waals surface area contributed by atoms with Crippen LogP contribution in [0.2, 0.25) is 0 Å². The Morgan fingerprint density at radius 1 is 1.32 bits per heavy atom. The topological polar surface area (TPSA) is 75.1 Å². The number of ether oxygens (including phenoxy) is 2. The second-order valence-electron chi connectivity index (χ2n) is 5.76. The highest BCUT2D eigenvalue weighted by Crippen LogP contribution is 2.14. The van der Waals surface area contributed by atoms with Crippen molar-refractivity contribution < 1.29 is 14.6 Å². The van der Waals surface area contributed by atoms with E-state index in [0.717, 1.165) is 51.7 Å². The maximum absolute atomic E-state index is 10.3. The summed E-state index contributed by atoms with van der Waals surface area (Å²) in [6, 6.07) is 0. The Balaban J connectivity index is 2.24. The summed E-state index contributed by atoms with van der Waals surface area (Å²) in [7, 11) is 0. The van der Waals surface area contributed by atoms with Gasteiger partial charge in [-0.1, -0.05) is 13.8 Å². The number of aliphatic imine (C=N–C) groups is 1. The predicted octanol–water partition coefficient (Wildman–Crippen LogP) is 1.29. The minimum Gasteiger partial charge on any atom is -0.388 e. The maximum atomic E-state index is 10.3. The van der Waals surface area contributed by atoms with Crippen molar-refractivity contribution in [2.75, 3.05) is 39.5 Å². The van der Waals surface area contributed by atoms with E-state index < -0.39 is 5.60 Å². The fourth-order valence-electron chi connectivity index (χ4n) is 2.21. The van der Waals surface area contributed by atoms with Gasteiger partial charge < -0.3 is 25.2 Å².